The van der Waals surface area contributed by atoms with Gasteiger partial charge in [0, 0.05) is 0 Å². The zero-order valence-electron chi connectivity index (χ0n) is 14.1. The molecule has 2 rings (SSSR count). The smallest absolute Gasteiger partial charge is 0.0928 e. The van der Waals surface area contributed by atoms with Gasteiger partial charge in [0.25, 0.3) is 0 Å². The van der Waals surface area contributed by atoms with E-state index in [1.165, 1.54) is 62.5 Å². The van der Waals surface area contributed by atoms with Gasteiger partial charge in [-0.3, -0.25) is 4.39 Å². The summed E-state index contributed by atoms with van der Waals surface area (Å²) in [5.41, 5.74) is 2.96. The van der Waals surface area contributed by atoms with Crippen molar-refractivity contribution in [2.45, 2.75) is 64.7 Å². The van der Waals surface area contributed by atoms with Crippen LogP contribution in [0.2, 0.25) is 0 Å². The van der Waals surface area contributed by atoms with E-state index in [4.69, 9.17) is 0 Å². The van der Waals surface area contributed by atoms with Gasteiger partial charge in [-0.25, -0.2) is 0 Å². The van der Waals surface area contributed by atoms with Crippen LogP contribution in [-0.2, 0) is 12.8 Å². The fourth-order valence-corrected chi connectivity index (χ4v) is 3.55. The monoisotopic (exact) mass is 302 g/mol. The van der Waals surface area contributed by atoms with Gasteiger partial charge >= 0.3 is 0 Å². The van der Waals surface area contributed by atoms with Gasteiger partial charge in [-0.15, -0.1) is 0 Å². The molecule has 1 aromatic rings. The Balaban J connectivity index is 1.68. The van der Waals surface area contributed by atoms with Crippen LogP contribution in [0.3, 0.4) is 0 Å². The molecular weight excluding hydrogens is 271 g/mol. The molecule has 1 aliphatic carbocycles. The number of aryl methyl sites for hydroxylation is 2. The Bertz CT molecular complexity index is 424. The van der Waals surface area contributed by atoms with Crippen molar-refractivity contribution in [2.75, 3.05) is 6.67 Å². The molecular formula is C21H31F. The molecule has 0 aliphatic heterocycles. The molecule has 0 nitrogen and oxygen atoms in total. The van der Waals surface area contributed by atoms with Crippen molar-refractivity contribution >= 4 is 0 Å². The number of hydrogen-bond acceptors (Lipinski definition) is 0. The summed E-state index contributed by atoms with van der Waals surface area (Å²) in [7, 11) is 0. The molecule has 1 saturated carbocycles. The molecule has 0 amide bonds. The van der Waals surface area contributed by atoms with Gasteiger partial charge in [0.2, 0.25) is 0 Å². The van der Waals surface area contributed by atoms with Gasteiger partial charge < -0.3 is 0 Å². The van der Waals surface area contributed by atoms with Crippen molar-refractivity contribution in [3.05, 3.63) is 47.5 Å². The van der Waals surface area contributed by atoms with Gasteiger partial charge in [-0.1, -0.05) is 49.8 Å². The maximum Gasteiger partial charge on any atom is 0.0928 e. The van der Waals surface area contributed by atoms with Crippen LogP contribution in [0, 0.1) is 11.8 Å². The molecule has 0 spiro atoms. The number of halogens is 1. The summed E-state index contributed by atoms with van der Waals surface area (Å²) in [6.45, 7) is 2.01. The molecule has 0 radical (unpaired) electrons. The zero-order valence-corrected chi connectivity index (χ0v) is 14.1. The van der Waals surface area contributed by atoms with Gasteiger partial charge in [0.1, 0.15) is 0 Å². The largest absolute Gasteiger partial charge is 0.251 e. The Kier molecular flexibility index (Phi) is 7.70. The summed E-state index contributed by atoms with van der Waals surface area (Å²) in [6, 6.07) is 9.23. The van der Waals surface area contributed by atoms with Crippen LogP contribution < -0.4 is 0 Å². The summed E-state index contributed by atoms with van der Waals surface area (Å²) in [5, 5.41) is 0. The van der Waals surface area contributed by atoms with Crippen molar-refractivity contribution in [3.63, 3.8) is 0 Å². The lowest BCUT2D eigenvalue weighted by molar-refractivity contribution is 0.296. The normalized spacial score (nSPS) is 22.3. The highest BCUT2D eigenvalue weighted by Gasteiger charge is 2.19. The summed E-state index contributed by atoms with van der Waals surface area (Å²) in [6.07, 6.45) is 15.1. The SMILES string of the molecule is CCCc1ccc(CCC2CCC(/C=C/CCF)CC2)cc1. The minimum Gasteiger partial charge on any atom is -0.251 e. The van der Waals surface area contributed by atoms with Gasteiger partial charge in [-0.05, 0) is 74.3 Å². The molecule has 22 heavy (non-hydrogen) atoms. The van der Waals surface area contributed by atoms with Crippen LogP contribution in [0.1, 0.15) is 63.0 Å². The standard InChI is InChI=1S/C21H31F/c1-2-5-18-7-11-20(12-8-18)15-16-21-13-9-19(10-14-21)6-3-4-17-22/h3,6-8,11-12,19,21H,2,4-5,9-10,13-17H2,1H3/b6-3+. The molecule has 122 valence electrons. The van der Waals surface area contributed by atoms with Gasteiger partial charge in [-0.2, -0.15) is 0 Å². The molecule has 0 atom stereocenters. The number of hydrogen-bond donors (Lipinski definition) is 0. The van der Waals surface area contributed by atoms with Crippen LogP contribution in [0.4, 0.5) is 4.39 Å². The lowest BCUT2D eigenvalue weighted by Gasteiger charge is -2.26. The van der Waals surface area contributed by atoms with Crippen molar-refractivity contribution < 1.29 is 4.39 Å². The van der Waals surface area contributed by atoms with E-state index < -0.39 is 0 Å². The Morgan fingerprint density at radius 1 is 1.00 bits per heavy atom. The third kappa shape index (κ3) is 5.94. The first kappa shape index (κ1) is 17.2. The van der Waals surface area contributed by atoms with E-state index in [1.807, 2.05) is 6.08 Å². The Morgan fingerprint density at radius 2 is 1.64 bits per heavy atom. The van der Waals surface area contributed by atoms with Crippen molar-refractivity contribution in [2.24, 2.45) is 11.8 Å². The maximum atomic E-state index is 12.1. The highest BCUT2D eigenvalue weighted by atomic mass is 19.1. The fraction of sp³-hybridized carbons (Fsp3) is 0.619. The molecule has 1 heteroatoms. The third-order valence-electron chi connectivity index (χ3n) is 4.98. The second kappa shape index (κ2) is 9.82. The lowest BCUT2D eigenvalue weighted by Crippen LogP contribution is -2.13. The van der Waals surface area contributed by atoms with Crippen LogP contribution in [0.25, 0.3) is 0 Å². The highest BCUT2D eigenvalue weighted by Crippen LogP contribution is 2.32. The van der Waals surface area contributed by atoms with E-state index in [-0.39, 0.29) is 6.67 Å². The quantitative estimate of drug-likeness (QED) is 0.495. The van der Waals surface area contributed by atoms with Crippen LogP contribution in [-0.4, -0.2) is 6.67 Å². The summed E-state index contributed by atoms with van der Waals surface area (Å²) in [5.74, 6) is 1.59. The third-order valence-corrected chi connectivity index (χ3v) is 4.98. The second-order valence-electron chi connectivity index (χ2n) is 6.79. The summed E-state index contributed by atoms with van der Waals surface area (Å²) >= 11 is 0. The molecule has 1 fully saturated rings. The number of benzene rings is 1. The highest BCUT2D eigenvalue weighted by molar-refractivity contribution is 5.22. The van der Waals surface area contributed by atoms with E-state index in [0.717, 1.165) is 5.92 Å². The predicted octanol–water partition coefficient (Wildman–Crippen LogP) is 6.29. The lowest BCUT2D eigenvalue weighted by atomic mass is 9.79. The second-order valence-corrected chi connectivity index (χ2v) is 6.79. The number of alkyl halides is 1. The summed E-state index contributed by atoms with van der Waals surface area (Å²) in [4.78, 5) is 0. The average molecular weight is 302 g/mol. The van der Waals surface area contributed by atoms with Crippen LogP contribution in [0.15, 0.2) is 36.4 Å². The minimum atomic E-state index is -0.219. The molecule has 0 aromatic heterocycles. The van der Waals surface area contributed by atoms with Gasteiger partial charge in [0.05, 0.1) is 6.67 Å². The Hall–Kier alpha value is -1.11. The molecule has 0 unspecified atom stereocenters. The van der Waals surface area contributed by atoms with E-state index in [9.17, 15) is 4.39 Å². The number of allylic oxidation sites excluding steroid dienone is 2. The van der Waals surface area contributed by atoms with Crippen molar-refractivity contribution in [3.8, 4) is 0 Å². The predicted molar refractivity (Wildman–Crippen MR) is 93.9 cm³/mol. The first-order chi connectivity index (χ1) is 10.8. The average Bonchev–Trinajstić information content (AvgIpc) is 2.56. The molecule has 0 N–H and O–H groups in total. The van der Waals surface area contributed by atoms with E-state index in [2.05, 4.69) is 37.3 Å². The Morgan fingerprint density at radius 3 is 2.23 bits per heavy atom. The van der Waals surface area contributed by atoms with E-state index in [1.54, 1.807) is 0 Å². The molecule has 0 saturated heterocycles. The Labute approximate surface area is 135 Å². The summed E-state index contributed by atoms with van der Waals surface area (Å²) < 4.78 is 12.1. The molecule has 1 aromatic carbocycles. The van der Waals surface area contributed by atoms with Crippen molar-refractivity contribution in [1.29, 1.82) is 0 Å². The number of rotatable bonds is 8. The van der Waals surface area contributed by atoms with Crippen LogP contribution >= 0.6 is 0 Å². The van der Waals surface area contributed by atoms with Crippen molar-refractivity contribution in [1.82, 2.24) is 0 Å². The van der Waals surface area contributed by atoms with Crippen LogP contribution in [0.5, 0.6) is 0 Å². The first-order valence-corrected chi connectivity index (χ1v) is 9.12. The minimum absolute atomic E-state index is 0.219. The molecule has 0 heterocycles. The van der Waals surface area contributed by atoms with E-state index in [0.29, 0.717) is 12.3 Å². The molecule has 1 aliphatic rings. The maximum absolute atomic E-state index is 12.1. The first-order valence-electron chi connectivity index (χ1n) is 9.12. The topological polar surface area (TPSA) is 0 Å². The zero-order chi connectivity index (χ0) is 15.6. The molecule has 0 bridgehead atoms. The fourth-order valence-electron chi connectivity index (χ4n) is 3.55. The van der Waals surface area contributed by atoms with Gasteiger partial charge in [0.15, 0.2) is 0 Å². The van der Waals surface area contributed by atoms with E-state index >= 15 is 0 Å².